The normalized spacial score (nSPS) is 22.3. The molecule has 25 heavy (non-hydrogen) atoms. The first-order valence-corrected chi connectivity index (χ1v) is 10.2. The van der Waals surface area contributed by atoms with E-state index in [9.17, 15) is 4.79 Å². The molecule has 0 radical (unpaired) electrons. The fourth-order valence-electron chi connectivity index (χ4n) is 3.83. The number of rotatable bonds is 3. The fourth-order valence-corrected chi connectivity index (χ4v) is 5.09. The maximum atomic E-state index is 12.9. The molecule has 0 spiro atoms. The first-order valence-electron chi connectivity index (χ1n) is 9.02. The van der Waals surface area contributed by atoms with Crippen LogP contribution in [0.1, 0.15) is 23.3 Å². The zero-order chi connectivity index (χ0) is 17.2. The lowest BCUT2D eigenvalue weighted by atomic mass is 10.2. The van der Waals surface area contributed by atoms with Gasteiger partial charge in [-0.25, -0.2) is 0 Å². The van der Waals surface area contributed by atoms with Gasteiger partial charge in [-0.3, -0.25) is 9.69 Å². The van der Waals surface area contributed by atoms with E-state index in [1.54, 1.807) is 7.11 Å². The van der Waals surface area contributed by atoms with Crippen molar-refractivity contribution in [3.63, 3.8) is 0 Å². The van der Waals surface area contributed by atoms with E-state index in [2.05, 4.69) is 21.6 Å². The number of methoxy groups -OCH3 is 1. The van der Waals surface area contributed by atoms with Crippen LogP contribution in [0.3, 0.4) is 0 Å². The highest BCUT2D eigenvalue weighted by molar-refractivity contribution is 7.99. The zero-order valence-corrected chi connectivity index (χ0v) is 15.5. The molecule has 0 saturated carbocycles. The third-order valence-electron chi connectivity index (χ3n) is 5.30. The highest BCUT2D eigenvalue weighted by Crippen LogP contribution is 2.24. The Morgan fingerprint density at radius 2 is 2.16 bits per heavy atom. The van der Waals surface area contributed by atoms with Crippen LogP contribution in [0.2, 0.25) is 0 Å². The highest BCUT2D eigenvalue weighted by atomic mass is 32.2. The van der Waals surface area contributed by atoms with Gasteiger partial charge in [0.2, 0.25) is 0 Å². The zero-order valence-electron chi connectivity index (χ0n) is 14.7. The van der Waals surface area contributed by atoms with Crippen LogP contribution in [0, 0.1) is 0 Å². The Labute approximate surface area is 152 Å². The van der Waals surface area contributed by atoms with Crippen molar-refractivity contribution in [1.82, 2.24) is 14.8 Å². The summed E-state index contributed by atoms with van der Waals surface area (Å²) >= 11 is 2.05. The number of carbonyl (C=O) groups is 1. The molecule has 5 nitrogen and oxygen atoms in total. The SMILES string of the molecule is COc1ccc2cc(C(=O)N3CCCN(C4CCSC4)CC3)[nH]c2c1. The Morgan fingerprint density at radius 3 is 2.96 bits per heavy atom. The van der Waals surface area contributed by atoms with Crippen molar-refractivity contribution in [2.75, 3.05) is 44.8 Å². The molecule has 3 heterocycles. The van der Waals surface area contributed by atoms with Gasteiger partial charge in [0.25, 0.3) is 5.91 Å². The van der Waals surface area contributed by atoms with Crippen molar-refractivity contribution < 1.29 is 9.53 Å². The predicted molar refractivity (Wildman–Crippen MR) is 103 cm³/mol. The third-order valence-corrected chi connectivity index (χ3v) is 6.44. The predicted octanol–water partition coefficient (Wildman–Crippen LogP) is 2.83. The molecule has 1 aromatic heterocycles. The number of ether oxygens (including phenoxy) is 1. The average Bonchev–Trinajstić information content (AvgIpc) is 3.25. The van der Waals surface area contributed by atoms with E-state index in [0.717, 1.165) is 49.3 Å². The number of fused-ring (bicyclic) bond motifs is 1. The number of amides is 1. The molecule has 1 unspecified atom stereocenters. The van der Waals surface area contributed by atoms with E-state index in [1.807, 2.05) is 29.2 Å². The molecule has 6 heteroatoms. The first kappa shape index (κ1) is 16.8. The Hall–Kier alpha value is -1.66. The number of nitrogens with zero attached hydrogens (tertiary/aromatic N) is 2. The van der Waals surface area contributed by atoms with Gasteiger partial charge >= 0.3 is 0 Å². The van der Waals surface area contributed by atoms with Crippen LogP contribution in [0.5, 0.6) is 5.75 Å². The largest absolute Gasteiger partial charge is 0.497 e. The van der Waals surface area contributed by atoms with E-state index in [1.165, 1.54) is 17.9 Å². The molecule has 0 bridgehead atoms. The van der Waals surface area contributed by atoms with Crippen LogP contribution < -0.4 is 4.74 Å². The van der Waals surface area contributed by atoms with E-state index in [0.29, 0.717) is 11.7 Å². The van der Waals surface area contributed by atoms with Crippen molar-refractivity contribution in [2.24, 2.45) is 0 Å². The first-order chi connectivity index (χ1) is 12.2. The second-order valence-corrected chi connectivity index (χ2v) is 7.99. The monoisotopic (exact) mass is 359 g/mol. The number of aromatic nitrogens is 1. The average molecular weight is 359 g/mol. The van der Waals surface area contributed by atoms with Crippen LogP contribution >= 0.6 is 11.8 Å². The van der Waals surface area contributed by atoms with Crippen molar-refractivity contribution >= 4 is 28.6 Å². The van der Waals surface area contributed by atoms with E-state index < -0.39 is 0 Å². The molecule has 2 aromatic rings. The van der Waals surface area contributed by atoms with Gasteiger partial charge in [0.1, 0.15) is 11.4 Å². The highest BCUT2D eigenvalue weighted by Gasteiger charge is 2.27. The summed E-state index contributed by atoms with van der Waals surface area (Å²) in [5.74, 6) is 3.44. The molecule has 1 N–H and O–H groups in total. The summed E-state index contributed by atoms with van der Waals surface area (Å²) in [4.78, 5) is 20.8. The minimum Gasteiger partial charge on any atom is -0.497 e. The van der Waals surface area contributed by atoms with Crippen LogP contribution in [0.15, 0.2) is 24.3 Å². The van der Waals surface area contributed by atoms with E-state index in [-0.39, 0.29) is 5.91 Å². The topological polar surface area (TPSA) is 48.6 Å². The van der Waals surface area contributed by atoms with Crippen LogP contribution in [-0.4, -0.2) is 71.5 Å². The van der Waals surface area contributed by atoms with Crippen molar-refractivity contribution in [3.05, 3.63) is 30.0 Å². The molecule has 134 valence electrons. The van der Waals surface area contributed by atoms with Gasteiger partial charge in [0.15, 0.2) is 0 Å². The molecule has 2 saturated heterocycles. The minimum atomic E-state index is 0.109. The molecular formula is C19H25N3O2S. The Balaban J connectivity index is 1.46. The molecule has 1 atom stereocenters. The molecule has 1 aromatic carbocycles. The molecule has 2 fully saturated rings. The lowest BCUT2D eigenvalue weighted by Crippen LogP contribution is -2.39. The van der Waals surface area contributed by atoms with Crippen molar-refractivity contribution in [2.45, 2.75) is 18.9 Å². The van der Waals surface area contributed by atoms with Gasteiger partial charge in [0.05, 0.1) is 7.11 Å². The van der Waals surface area contributed by atoms with Crippen LogP contribution in [0.25, 0.3) is 10.9 Å². The standard InChI is InChI=1S/C19H25N3O2S/c1-24-16-4-3-14-11-18(20-17(14)12-16)19(23)22-7-2-6-21(8-9-22)15-5-10-25-13-15/h3-4,11-12,15,20H,2,5-10,13H2,1H3. The molecular weight excluding hydrogens is 334 g/mol. The number of H-pyrrole nitrogens is 1. The number of nitrogens with one attached hydrogen (secondary N) is 1. The second-order valence-electron chi connectivity index (χ2n) is 6.84. The Bertz CT molecular complexity index is 754. The van der Waals surface area contributed by atoms with Crippen LogP contribution in [0.4, 0.5) is 0 Å². The van der Waals surface area contributed by atoms with Gasteiger partial charge in [-0.2, -0.15) is 11.8 Å². The molecule has 0 aliphatic carbocycles. The molecule has 4 rings (SSSR count). The Kier molecular flexibility index (Phi) is 4.90. The van der Waals surface area contributed by atoms with Crippen molar-refractivity contribution in [3.8, 4) is 5.75 Å². The summed E-state index contributed by atoms with van der Waals surface area (Å²) < 4.78 is 5.26. The lowest BCUT2D eigenvalue weighted by Gasteiger charge is -2.26. The fraction of sp³-hybridized carbons (Fsp3) is 0.526. The van der Waals surface area contributed by atoms with Gasteiger partial charge in [-0.1, -0.05) is 0 Å². The third kappa shape index (κ3) is 3.51. The lowest BCUT2D eigenvalue weighted by molar-refractivity contribution is 0.0754. The van der Waals surface area contributed by atoms with Crippen LogP contribution in [-0.2, 0) is 0 Å². The summed E-state index contributed by atoms with van der Waals surface area (Å²) in [7, 11) is 1.65. The summed E-state index contributed by atoms with van der Waals surface area (Å²) in [6.07, 6.45) is 2.35. The smallest absolute Gasteiger partial charge is 0.270 e. The maximum Gasteiger partial charge on any atom is 0.270 e. The van der Waals surface area contributed by atoms with Gasteiger partial charge < -0.3 is 14.6 Å². The summed E-state index contributed by atoms with van der Waals surface area (Å²) in [5, 5.41) is 1.04. The van der Waals surface area contributed by atoms with Crippen molar-refractivity contribution in [1.29, 1.82) is 0 Å². The minimum absolute atomic E-state index is 0.109. The van der Waals surface area contributed by atoms with Gasteiger partial charge in [0, 0.05) is 54.9 Å². The van der Waals surface area contributed by atoms with E-state index in [4.69, 9.17) is 4.74 Å². The second kappa shape index (κ2) is 7.30. The number of hydrogen-bond acceptors (Lipinski definition) is 4. The molecule has 1 amide bonds. The van der Waals surface area contributed by atoms with Gasteiger partial charge in [-0.05, 0) is 36.8 Å². The Morgan fingerprint density at radius 1 is 1.24 bits per heavy atom. The summed E-state index contributed by atoms with van der Waals surface area (Å²) in [6.45, 7) is 3.76. The van der Waals surface area contributed by atoms with E-state index >= 15 is 0 Å². The number of benzene rings is 1. The maximum absolute atomic E-state index is 12.9. The molecule has 2 aliphatic heterocycles. The van der Waals surface area contributed by atoms with Gasteiger partial charge in [-0.15, -0.1) is 0 Å². The number of aromatic amines is 1. The molecule has 2 aliphatic rings. The number of hydrogen-bond donors (Lipinski definition) is 1. The summed E-state index contributed by atoms with van der Waals surface area (Å²) in [6, 6.07) is 8.51. The number of thioether (sulfide) groups is 1. The quantitative estimate of drug-likeness (QED) is 0.916. The summed E-state index contributed by atoms with van der Waals surface area (Å²) in [5.41, 5.74) is 1.62. The number of carbonyl (C=O) groups excluding carboxylic acids is 1.